The summed E-state index contributed by atoms with van der Waals surface area (Å²) in [4.78, 5) is 4.16. The molecule has 2 nitrogen and oxygen atoms in total. The summed E-state index contributed by atoms with van der Waals surface area (Å²) in [5.74, 6) is 0.912. The Kier molecular flexibility index (Phi) is 6.18. The minimum Gasteiger partial charge on any atom is -0.316 e. The number of hydrogen-bond donors (Lipinski definition) is 1. The molecular formula is C15H26N2S. The fraction of sp³-hybridized carbons (Fsp3) is 0.733. The quantitative estimate of drug-likeness (QED) is 0.763. The molecule has 1 aliphatic heterocycles. The fourth-order valence-corrected chi connectivity index (χ4v) is 3.32. The van der Waals surface area contributed by atoms with Gasteiger partial charge in [-0.3, -0.25) is 0 Å². The van der Waals surface area contributed by atoms with Crippen LogP contribution in [0.3, 0.4) is 0 Å². The molecule has 0 radical (unpaired) electrons. The van der Waals surface area contributed by atoms with E-state index in [9.17, 15) is 0 Å². The zero-order valence-corrected chi connectivity index (χ0v) is 12.3. The summed E-state index contributed by atoms with van der Waals surface area (Å²) in [6, 6.07) is 4.41. The molecule has 2 rings (SSSR count). The largest absolute Gasteiger partial charge is 0.316 e. The van der Waals surface area contributed by atoms with Crippen LogP contribution in [0.1, 0.15) is 31.1 Å². The summed E-state index contributed by atoms with van der Waals surface area (Å²) < 4.78 is 0. The number of rotatable bonds is 7. The molecule has 18 heavy (non-hydrogen) atoms. The molecule has 0 atom stereocenters. The van der Waals surface area contributed by atoms with Gasteiger partial charge in [-0.15, -0.1) is 11.3 Å². The van der Waals surface area contributed by atoms with Gasteiger partial charge >= 0.3 is 0 Å². The van der Waals surface area contributed by atoms with Crippen molar-refractivity contribution in [2.75, 3.05) is 32.7 Å². The second-order valence-corrected chi connectivity index (χ2v) is 6.35. The number of nitrogens with zero attached hydrogens (tertiary/aromatic N) is 1. The van der Waals surface area contributed by atoms with Crippen molar-refractivity contribution in [2.24, 2.45) is 5.92 Å². The van der Waals surface area contributed by atoms with E-state index in [1.165, 1.54) is 63.3 Å². The Morgan fingerprint density at radius 2 is 2.22 bits per heavy atom. The fourth-order valence-electron chi connectivity index (χ4n) is 2.62. The van der Waals surface area contributed by atoms with E-state index < -0.39 is 0 Å². The topological polar surface area (TPSA) is 15.3 Å². The first-order valence-electron chi connectivity index (χ1n) is 7.34. The van der Waals surface area contributed by atoms with Gasteiger partial charge in [-0.2, -0.15) is 0 Å². The summed E-state index contributed by atoms with van der Waals surface area (Å²) in [7, 11) is 0. The van der Waals surface area contributed by atoms with Crippen LogP contribution < -0.4 is 5.32 Å². The molecule has 0 aromatic carbocycles. The summed E-state index contributed by atoms with van der Waals surface area (Å²) in [5.41, 5.74) is 0. The van der Waals surface area contributed by atoms with Crippen LogP contribution in [0, 0.1) is 5.92 Å². The van der Waals surface area contributed by atoms with Gasteiger partial charge in [0.1, 0.15) is 0 Å². The van der Waals surface area contributed by atoms with Crippen LogP contribution in [-0.4, -0.2) is 37.6 Å². The summed E-state index contributed by atoms with van der Waals surface area (Å²) in [5, 5.41) is 5.74. The Labute approximate surface area is 115 Å². The van der Waals surface area contributed by atoms with Crippen molar-refractivity contribution in [2.45, 2.75) is 32.6 Å². The van der Waals surface area contributed by atoms with Gasteiger partial charge in [0.25, 0.3) is 0 Å². The first-order chi connectivity index (χ1) is 8.88. The highest BCUT2D eigenvalue weighted by Crippen LogP contribution is 2.17. The summed E-state index contributed by atoms with van der Waals surface area (Å²) >= 11 is 1.89. The van der Waals surface area contributed by atoms with E-state index >= 15 is 0 Å². The van der Waals surface area contributed by atoms with Crippen molar-refractivity contribution in [1.29, 1.82) is 0 Å². The first kappa shape index (κ1) is 14.0. The van der Waals surface area contributed by atoms with Crippen molar-refractivity contribution in [3.63, 3.8) is 0 Å². The van der Waals surface area contributed by atoms with Crippen LogP contribution in [0.4, 0.5) is 0 Å². The van der Waals surface area contributed by atoms with E-state index in [0.29, 0.717) is 0 Å². The maximum absolute atomic E-state index is 3.56. The summed E-state index contributed by atoms with van der Waals surface area (Å²) in [6.45, 7) is 8.48. The van der Waals surface area contributed by atoms with E-state index in [1.807, 2.05) is 11.3 Å². The van der Waals surface area contributed by atoms with Crippen LogP contribution in [0.5, 0.6) is 0 Å². The number of nitrogens with one attached hydrogen (secondary N) is 1. The van der Waals surface area contributed by atoms with Crippen LogP contribution in [0.25, 0.3) is 0 Å². The number of likely N-dealkylation sites (tertiary alicyclic amines) is 1. The maximum atomic E-state index is 3.56. The van der Waals surface area contributed by atoms with E-state index in [4.69, 9.17) is 0 Å². The molecule has 3 heteroatoms. The van der Waals surface area contributed by atoms with Crippen LogP contribution in [-0.2, 0) is 6.42 Å². The van der Waals surface area contributed by atoms with E-state index in [1.54, 1.807) is 0 Å². The number of hydrogen-bond acceptors (Lipinski definition) is 3. The highest BCUT2D eigenvalue weighted by atomic mass is 32.1. The first-order valence-corrected chi connectivity index (χ1v) is 8.22. The minimum atomic E-state index is 0.912. The Morgan fingerprint density at radius 1 is 1.39 bits per heavy atom. The molecule has 0 spiro atoms. The van der Waals surface area contributed by atoms with Crippen molar-refractivity contribution in [3.8, 4) is 0 Å². The Bertz CT molecular complexity index is 302. The lowest BCUT2D eigenvalue weighted by Gasteiger charge is -2.32. The highest BCUT2D eigenvalue weighted by Gasteiger charge is 2.18. The smallest absolute Gasteiger partial charge is 0.00579 e. The van der Waals surface area contributed by atoms with Gasteiger partial charge in [0.05, 0.1) is 0 Å². The zero-order chi connectivity index (χ0) is 12.6. The second kappa shape index (κ2) is 7.93. The van der Waals surface area contributed by atoms with Crippen molar-refractivity contribution < 1.29 is 0 Å². The molecule has 1 fully saturated rings. The molecule has 102 valence electrons. The van der Waals surface area contributed by atoms with Gasteiger partial charge in [-0.05, 0) is 69.2 Å². The van der Waals surface area contributed by atoms with Crippen molar-refractivity contribution >= 4 is 11.3 Å². The lowest BCUT2D eigenvalue weighted by atomic mass is 9.96. The minimum absolute atomic E-state index is 0.912. The van der Waals surface area contributed by atoms with Crippen LogP contribution in [0.2, 0.25) is 0 Å². The predicted molar refractivity (Wildman–Crippen MR) is 80.3 cm³/mol. The average Bonchev–Trinajstić information content (AvgIpc) is 2.91. The molecule has 2 heterocycles. The van der Waals surface area contributed by atoms with Crippen LogP contribution in [0.15, 0.2) is 17.5 Å². The number of piperidine rings is 1. The molecule has 0 aliphatic carbocycles. The molecule has 1 saturated heterocycles. The molecule has 1 aliphatic rings. The SMILES string of the molecule is CCCNCC1CCN(CCc2cccs2)CC1. The molecule has 1 N–H and O–H groups in total. The lowest BCUT2D eigenvalue weighted by molar-refractivity contribution is 0.184. The van der Waals surface area contributed by atoms with Gasteiger partial charge < -0.3 is 10.2 Å². The lowest BCUT2D eigenvalue weighted by Crippen LogP contribution is -2.38. The molecule has 1 aromatic heterocycles. The monoisotopic (exact) mass is 266 g/mol. The highest BCUT2D eigenvalue weighted by molar-refractivity contribution is 7.09. The predicted octanol–water partition coefficient (Wildman–Crippen LogP) is 3.00. The third-order valence-electron chi connectivity index (χ3n) is 3.82. The summed E-state index contributed by atoms with van der Waals surface area (Å²) in [6.07, 6.45) is 5.23. The Hall–Kier alpha value is -0.380. The van der Waals surface area contributed by atoms with Gasteiger partial charge in [-0.1, -0.05) is 13.0 Å². The van der Waals surface area contributed by atoms with Gasteiger partial charge in [0.2, 0.25) is 0 Å². The molecule has 0 saturated carbocycles. The Morgan fingerprint density at radius 3 is 2.89 bits per heavy atom. The normalized spacial score (nSPS) is 18.3. The van der Waals surface area contributed by atoms with E-state index in [0.717, 1.165) is 5.92 Å². The van der Waals surface area contributed by atoms with Crippen molar-refractivity contribution in [1.82, 2.24) is 10.2 Å². The van der Waals surface area contributed by atoms with Gasteiger partial charge in [-0.25, -0.2) is 0 Å². The molecule has 0 unspecified atom stereocenters. The third-order valence-corrected chi connectivity index (χ3v) is 4.76. The Balaban J connectivity index is 1.58. The van der Waals surface area contributed by atoms with Crippen molar-refractivity contribution in [3.05, 3.63) is 22.4 Å². The number of thiophene rings is 1. The third kappa shape index (κ3) is 4.71. The molecule has 1 aromatic rings. The van der Waals surface area contributed by atoms with Gasteiger partial charge in [0, 0.05) is 11.4 Å². The molecule has 0 amide bonds. The van der Waals surface area contributed by atoms with Gasteiger partial charge in [0.15, 0.2) is 0 Å². The maximum Gasteiger partial charge on any atom is 0.00579 e. The standard InChI is InChI=1S/C15H26N2S/c1-2-8-16-13-14-5-9-17(10-6-14)11-7-15-4-3-12-18-15/h3-4,12,14,16H,2,5-11,13H2,1H3. The average molecular weight is 266 g/mol. The molecular weight excluding hydrogens is 240 g/mol. The zero-order valence-electron chi connectivity index (χ0n) is 11.5. The second-order valence-electron chi connectivity index (χ2n) is 5.32. The van der Waals surface area contributed by atoms with E-state index in [2.05, 4.69) is 34.7 Å². The van der Waals surface area contributed by atoms with Crippen LogP contribution >= 0.6 is 11.3 Å². The molecule has 0 bridgehead atoms. The van der Waals surface area contributed by atoms with E-state index in [-0.39, 0.29) is 0 Å².